The summed E-state index contributed by atoms with van der Waals surface area (Å²) in [7, 11) is 0. The van der Waals surface area contributed by atoms with Crippen LogP contribution >= 0.6 is 0 Å². The maximum Gasteiger partial charge on any atom is 0.0113 e. The molecular weight excluding hydrogens is 172 g/mol. The Labute approximate surface area is 87.8 Å². The van der Waals surface area contributed by atoms with Gasteiger partial charge in [-0.1, -0.05) is 6.92 Å². The third-order valence-corrected chi connectivity index (χ3v) is 4.08. The fourth-order valence-electron chi connectivity index (χ4n) is 3.12. The van der Waals surface area contributed by atoms with Gasteiger partial charge in [-0.05, 0) is 44.9 Å². The zero-order chi connectivity index (χ0) is 10.1. The minimum Gasteiger partial charge on any atom is -0.328 e. The van der Waals surface area contributed by atoms with E-state index in [9.17, 15) is 0 Å². The molecule has 1 saturated carbocycles. The highest BCUT2D eigenvalue weighted by Crippen LogP contribution is 2.30. The van der Waals surface area contributed by atoms with Gasteiger partial charge < -0.3 is 5.73 Å². The molecule has 0 radical (unpaired) electrons. The average molecular weight is 196 g/mol. The third kappa shape index (κ3) is 2.12. The van der Waals surface area contributed by atoms with Crippen molar-refractivity contribution in [3.05, 3.63) is 0 Å². The van der Waals surface area contributed by atoms with Gasteiger partial charge in [0.25, 0.3) is 0 Å². The van der Waals surface area contributed by atoms with Gasteiger partial charge in [0.2, 0.25) is 0 Å². The Morgan fingerprint density at radius 3 is 2.50 bits per heavy atom. The summed E-state index contributed by atoms with van der Waals surface area (Å²) in [6.45, 7) is 6.07. The Bertz CT molecular complexity index is 193. The van der Waals surface area contributed by atoms with Gasteiger partial charge in [0.1, 0.15) is 0 Å². The SMILES string of the molecule is CC1CCC(C)N(C2CCC(N)C2)C1. The van der Waals surface area contributed by atoms with Crippen molar-refractivity contribution in [3.8, 4) is 0 Å². The predicted octanol–water partition coefficient (Wildman–Crippen LogP) is 1.99. The van der Waals surface area contributed by atoms with E-state index in [1.807, 2.05) is 0 Å². The van der Waals surface area contributed by atoms with Gasteiger partial charge in [0, 0.05) is 24.7 Å². The molecule has 0 aromatic heterocycles. The predicted molar refractivity (Wildman–Crippen MR) is 60.2 cm³/mol. The van der Waals surface area contributed by atoms with Crippen molar-refractivity contribution in [3.63, 3.8) is 0 Å². The van der Waals surface area contributed by atoms with Crippen molar-refractivity contribution in [2.45, 2.75) is 64.1 Å². The van der Waals surface area contributed by atoms with Crippen LogP contribution in [0.5, 0.6) is 0 Å². The highest BCUT2D eigenvalue weighted by Gasteiger charge is 2.32. The van der Waals surface area contributed by atoms with Gasteiger partial charge in [-0.15, -0.1) is 0 Å². The molecule has 0 amide bonds. The quantitative estimate of drug-likeness (QED) is 0.695. The summed E-state index contributed by atoms with van der Waals surface area (Å²) < 4.78 is 0. The number of nitrogens with zero attached hydrogens (tertiary/aromatic N) is 1. The molecule has 2 aliphatic rings. The maximum absolute atomic E-state index is 5.99. The van der Waals surface area contributed by atoms with Crippen molar-refractivity contribution in [2.75, 3.05) is 6.54 Å². The standard InChI is InChI=1S/C12H24N2/c1-9-3-4-10(2)14(8-9)12-6-5-11(13)7-12/h9-12H,3-8,13H2,1-2H3. The summed E-state index contributed by atoms with van der Waals surface area (Å²) in [6.07, 6.45) is 6.60. The van der Waals surface area contributed by atoms with Gasteiger partial charge >= 0.3 is 0 Å². The van der Waals surface area contributed by atoms with Crippen LogP contribution in [0.2, 0.25) is 0 Å². The number of likely N-dealkylation sites (tertiary alicyclic amines) is 1. The summed E-state index contributed by atoms with van der Waals surface area (Å²) in [5, 5.41) is 0. The van der Waals surface area contributed by atoms with Crippen LogP contribution in [0.1, 0.15) is 46.0 Å². The second-order valence-electron chi connectivity index (χ2n) is 5.46. The fraction of sp³-hybridized carbons (Fsp3) is 1.00. The molecule has 4 atom stereocenters. The number of hydrogen-bond donors (Lipinski definition) is 1. The second kappa shape index (κ2) is 4.19. The summed E-state index contributed by atoms with van der Waals surface area (Å²) in [6, 6.07) is 2.06. The largest absolute Gasteiger partial charge is 0.328 e. The fourth-order valence-corrected chi connectivity index (χ4v) is 3.12. The lowest BCUT2D eigenvalue weighted by Crippen LogP contribution is -2.46. The molecule has 82 valence electrons. The number of hydrogen-bond acceptors (Lipinski definition) is 2. The van der Waals surface area contributed by atoms with Gasteiger partial charge in [-0.2, -0.15) is 0 Å². The molecule has 2 nitrogen and oxygen atoms in total. The molecule has 0 spiro atoms. The molecule has 0 aromatic rings. The number of piperidine rings is 1. The summed E-state index contributed by atoms with van der Waals surface area (Å²) in [5.41, 5.74) is 5.99. The molecule has 1 aliphatic heterocycles. The topological polar surface area (TPSA) is 29.3 Å². The minimum atomic E-state index is 0.476. The van der Waals surface area contributed by atoms with Crippen molar-refractivity contribution < 1.29 is 0 Å². The first-order chi connectivity index (χ1) is 6.66. The molecule has 2 rings (SSSR count). The Balaban J connectivity index is 1.94. The molecule has 1 heterocycles. The van der Waals surface area contributed by atoms with Crippen LogP contribution in [-0.4, -0.2) is 29.6 Å². The molecule has 0 aromatic carbocycles. The van der Waals surface area contributed by atoms with Gasteiger partial charge in [-0.25, -0.2) is 0 Å². The third-order valence-electron chi connectivity index (χ3n) is 4.08. The lowest BCUT2D eigenvalue weighted by atomic mass is 9.93. The first-order valence-corrected chi connectivity index (χ1v) is 6.18. The highest BCUT2D eigenvalue weighted by molar-refractivity contribution is 4.89. The molecule has 0 bridgehead atoms. The first-order valence-electron chi connectivity index (χ1n) is 6.18. The Morgan fingerprint density at radius 1 is 1.07 bits per heavy atom. The van der Waals surface area contributed by atoms with Crippen molar-refractivity contribution >= 4 is 0 Å². The summed E-state index contributed by atoms with van der Waals surface area (Å²) >= 11 is 0. The van der Waals surface area contributed by atoms with E-state index in [-0.39, 0.29) is 0 Å². The van der Waals surface area contributed by atoms with E-state index in [1.54, 1.807) is 0 Å². The van der Waals surface area contributed by atoms with Crippen molar-refractivity contribution in [1.29, 1.82) is 0 Å². The maximum atomic E-state index is 5.99. The van der Waals surface area contributed by atoms with E-state index >= 15 is 0 Å². The Hall–Kier alpha value is -0.0800. The highest BCUT2D eigenvalue weighted by atomic mass is 15.2. The molecular formula is C12H24N2. The molecule has 2 fully saturated rings. The molecule has 4 unspecified atom stereocenters. The normalized spacial score (nSPS) is 45.6. The first kappa shape index (κ1) is 10.4. The van der Waals surface area contributed by atoms with E-state index in [2.05, 4.69) is 18.7 Å². The van der Waals surface area contributed by atoms with Crippen molar-refractivity contribution in [2.24, 2.45) is 11.7 Å². The minimum absolute atomic E-state index is 0.476. The van der Waals surface area contributed by atoms with Crippen LogP contribution in [0.25, 0.3) is 0 Å². The van der Waals surface area contributed by atoms with Gasteiger partial charge in [-0.3, -0.25) is 4.90 Å². The lowest BCUT2D eigenvalue weighted by Gasteiger charge is -2.40. The monoisotopic (exact) mass is 196 g/mol. The van der Waals surface area contributed by atoms with E-state index < -0.39 is 0 Å². The zero-order valence-corrected chi connectivity index (χ0v) is 9.58. The lowest BCUT2D eigenvalue weighted by molar-refractivity contribution is 0.0788. The number of rotatable bonds is 1. The van der Waals surface area contributed by atoms with Crippen LogP contribution in [0.3, 0.4) is 0 Å². The van der Waals surface area contributed by atoms with Crippen LogP contribution < -0.4 is 5.73 Å². The molecule has 2 heteroatoms. The van der Waals surface area contributed by atoms with E-state index in [1.165, 1.54) is 38.6 Å². The van der Waals surface area contributed by atoms with E-state index in [4.69, 9.17) is 5.73 Å². The molecule has 2 N–H and O–H groups in total. The van der Waals surface area contributed by atoms with E-state index in [0.717, 1.165) is 18.0 Å². The molecule has 14 heavy (non-hydrogen) atoms. The summed E-state index contributed by atoms with van der Waals surface area (Å²) in [4.78, 5) is 2.72. The van der Waals surface area contributed by atoms with Crippen LogP contribution in [0, 0.1) is 5.92 Å². The number of nitrogens with two attached hydrogens (primary N) is 1. The van der Waals surface area contributed by atoms with Gasteiger partial charge in [0.15, 0.2) is 0 Å². The Kier molecular flexibility index (Phi) is 3.13. The van der Waals surface area contributed by atoms with Crippen LogP contribution in [0.4, 0.5) is 0 Å². The van der Waals surface area contributed by atoms with Crippen LogP contribution in [-0.2, 0) is 0 Å². The zero-order valence-electron chi connectivity index (χ0n) is 9.58. The van der Waals surface area contributed by atoms with Gasteiger partial charge in [0.05, 0.1) is 0 Å². The second-order valence-corrected chi connectivity index (χ2v) is 5.46. The van der Waals surface area contributed by atoms with E-state index in [0.29, 0.717) is 6.04 Å². The van der Waals surface area contributed by atoms with Crippen LogP contribution in [0.15, 0.2) is 0 Å². The smallest absolute Gasteiger partial charge is 0.0113 e. The average Bonchev–Trinajstić information content (AvgIpc) is 2.56. The molecule has 1 saturated heterocycles. The Morgan fingerprint density at radius 2 is 1.86 bits per heavy atom. The molecule has 1 aliphatic carbocycles. The summed E-state index contributed by atoms with van der Waals surface area (Å²) in [5.74, 6) is 0.892. The van der Waals surface area contributed by atoms with Crippen molar-refractivity contribution in [1.82, 2.24) is 4.90 Å².